The van der Waals surface area contributed by atoms with Crippen molar-refractivity contribution in [2.24, 2.45) is 5.92 Å². The Morgan fingerprint density at radius 2 is 2.00 bits per heavy atom. The van der Waals surface area contributed by atoms with Crippen LogP contribution in [0.1, 0.15) is 32.6 Å². The molecule has 0 bridgehead atoms. The first-order valence-corrected chi connectivity index (χ1v) is 6.62. The molecule has 0 radical (unpaired) electrons. The summed E-state index contributed by atoms with van der Waals surface area (Å²) in [5, 5.41) is 11.7. The first-order valence-electron chi connectivity index (χ1n) is 6.62. The van der Waals surface area contributed by atoms with Gasteiger partial charge in [0.25, 0.3) is 0 Å². The van der Waals surface area contributed by atoms with Crippen LogP contribution in [-0.2, 0) is 14.3 Å². The molecule has 1 fully saturated rings. The van der Waals surface area contributed by atoms with Gasteiger partial charge in [-0.3, -0.25) is 9.59 Å². The number of hydrogen-bond donors (Lipinski definition) is 2. The number of carboxylic acids is 1. The number of rotatable bonds is 6. The second-order valence-corrected chi connectivity index (χ2v) is 5.44. The number of aliphatic carboxylic acids is 1. The van der Waals surface area contributed by atoms with Gasteiger partial charge in [-0.2, -0.15) is 0 Å². The Bertz CT molecular complexity index is 392. The Balaban J connectivity index is 2.52. The average Bonchev–Trinajstić information content (AvgIpc) is 2.34. The fourth-order valence-corrected chi connectivity index (χ4v) is 2.33. The molecule has 0 spiro atoms. The summed E-state index contributed by atoms with van der Waals surface area (Å²) in [4.78, 5) is 35.6. The van der Waals surface area contributed by atoms with E-state index in [2.05, 4.69) is 10.1 Å². The van der Waals surface area contributed by atoms with Crippen molar-refractivity contribution in [3.05, 3.63) is 0 Å². The highest BCUT2D eigenvalue weighted by molar-refractivity contribution is 5.78. The molecule has 1 aliphatic carbocycles. The zero-order valence-corrected chi connectivity index (χ0v) is 12.1. The molecule has 7 heteroatoms. The molecule has 0 aromatic rings. The van der Waals surface area contributed by atoms with Gasteiger partial charge in [0.15, 0.2) is 0 Å². The maximum atomic E-state index is 12.0. The lowest BCUT2D eigenvalue weighted by atomic mass is 9.74. The predicted octanol–water partition coefficient (Wildman–Crippen LogP) is 0.834. The second kappa shape index (κ2) is 6.58. The molecule has 0 aromatic carbocycles. The lowest BCUT2D eigenvalue weighted by Gasteiger charge is -2.42. The van der Waals surface area contributed by atoms with Crippen LogP contribution in [0.2, 0.25) is 0 Å². The molecular formula is C13H22N2O5. The van der Waals surface area contributed by atoms with Gasteiger partial charge in [0.05, 0.1) is 25.0 Å². The van der Waals surface area contributed by atoms with Crippen molar-refractivity contribution < 1.29 is 24.2 Å². The van der Waals surface area contributed by atoms with Gasteiger partial charge < -0.3 is 20.1 Å². The molecule has 2 amide bonds. The van der Waals surface area contributed by atoms with E-state index >= 15 is 0 Å². The zero-order chi connectivity index (χ0) is 15.3. The summed E-state index contributed by atoms with van der Waals surface area (Å²) in [6.45, 7) is 1.90. The lowest BCUT2D eigenvalue weighted by molar-refractivity contribution is -0.145. The summed E-state index contributed by atoms with van der Waals surface area (Å²) in [6.07, 6.45) is 2.19. The molecule has 2 N–H and O–H groups in total. The molecular weight excluding hydrogens is 264 g/mol. The highest BCUT2D eigenvalue weighted by Crippen LogP contribution is 2.35. The average molecular weight is 286 g/mol. The Morgan fingerprint density at radius 3 is 2.40 bits per heavy atom. The van der Waals surface area contributed by atoms with Gasteiger partial charge in [-0.15, -0.1) is 0 Å². The Labute approximate surface area is 118 Å². The Hall–Kier alpha value is -1.79. The van der Waals surface area contributed by atoms with Crippen molar-refractivity contribution in [2.75, 3.05) is 20.7 Å². The van der Waals surface area contributed by atoms with E-state index in [0.29, 0.717) is 12.8 Å². The maximum Gasteiger partial charge on any atom is 0.317 e. The first kappa shape index (κ1) is 16.3. The van der Waals surface area contributed by atoms with Gasteiger partial charge in [0.1, 0.15) is 0 Å². The Kier molecular flexibility index (Phi) is 5.35. The quantitative estimate of drug-likeness (QED) is 0.705. The number of carbonyl (C=O) groups excluding carboxylic acids is 2. The van der Waals surface area contributed by atoms with Crippen LogP contribution >= 0.6 is 0 Å². The number of urea groups is 1. The molecule has 1 atom stereocenters. The number of nitrogens with zero attached hydrogens (tertiary/aromatic N) is 1. The van der Waals surface area contributed by atoms with Crippen molar-refractivity contribution in [2.45, 2.75) is 38.1 Å². The van der Waals surface area contributed by atoms with E-state index < -0.39 is 17.4 Å². The minimum atomic E-state index is -0.921. The number of hydrogen-bond acceptors (Lipinski definition) is 4. The molecule has 0 heterocycles. The van der Waals surface area contributed by atoms with Crippen LogP contribution in [0.5, 0.6) is 0 Å². The number of amides is 2. The fourth-order valence-electron chi connectivity index (χ4n) is 2.33. The fraction of sp³-hybridized carbons (Fsp3) is 0.769. The highest BCUT2D eigenvalue weighted by Gasteiger charge is 2.41. The number of carboxylic acid groups (broad SMARTS) is 1. The molecule has 114 valence electrons. The van der Waals surface area contributed by atoms with Gasteiger partial charge in [-0.1, -0.05) is 6.92 Å². The topological polar surface area (TPSA) is 95.9 Å². The van der Waals surface area contributed by atoms with Crippen molar-refractivity contribution in [3.8, 4) is 0 Å². The van der Waals surface area contributed by atoms with Crippen LogP contribution in [0.3, 0.4) is 0 Å². The number of nitrogens with one attached hydrogen (secondary N) is 1. The van der Waals surface area contributed by atoms with Gasteiger partial charge in [0, 0.05) is 13.6 Å². The van der Waals surface area contributed by atoms with Gasteiger partial charge in [0.2, 0.25) is 0 Å². The normalized spacial score (nSPS) is 17.6. The van der Waals surface area contributed by atoms with Crippen LogP contribution in [0.15, 0.2) is 0 Å². The van der Waals surface area contributed by atoms with Crippen molar-refractivity contribution in [1.29, 1.82) is 0 Å². The summed E-state index contributed by atoms with van der Waals surface area (Å²) in [6, 6.07) is -0.360. The van der Waals surface area contributed by atoms with Crippen LogP contribution in [0.4, 0.5) is 4.79 Å². The van der Waals surface area contributed by atoms with Crippen molar-refractivity contribution in [3.63, 3.8) is 0 Å². The van der Waals surface area contributed by atoms with Gasteiger partial charge in [-0.25, -0.2) is 4.79 Å². The predicted molar refractivity (Wildman–Crippen MR) is 71.2 cm³/mol. The first-order chi connectivity index (χ1) is 9.29. The van der Waals surface area contributed by atoms with E-state index in [4.69, 9.17) is 5.11 Å². The van der Waals surface area contributed by atoms with Crippen LogP contribution in [-0.4, -0.2) is 54.2 Å². The zero-order valence-electron chi connectivity index (χ0n) is 12.1. The van der Waals surface area contributed by atoms with E-state index in [0.717, 1.165) is 6.42 Å². The number of carbonyl (C=O) groups is 3. The monoisotopic (exact) mass is 286 g/mol. The van der Waals surface area contributed by atoms with Gasteiger partial charge >= 0.3 is 18.0 Å². The lowest BCUT2D eigenvalue weighted by Crippen LogP contribution is -2.57. The molecule has 1 unspecified atom stereocenters. The minimum Gasteiger partial charge on any atom is -0.481 e. The summed E-state index contributed by atoms with van der Waals surface area (Å²) in [5.41, 5.74) is -0.633. The standard InChI is InChI=1S/C13H22N2O5/c1-9(11(18)20-3)8-15(2)12(19)14-13(5-4-6-13)7-10(16)17/h9H,4-8H2,1-3H3,(H,14,19)(H,16,17). The molecule has 1 aliphatic rings. The SMILES string of the molecule is COC(=O)C(C)CN(C)C(=O)NC1(CC(=O)O)CCC1. The third-order valence-electron chi connectivity index (χ3n) is 3.67. The summed E-state index contributed by atoms with van der Waals surface area (Å²) in [7, 11) is 2.87. The van der Waals surface area contributed by atoms with Gasteiger partial charge in [-0.05, 0) is 19.3 Å². The highest BCUT2D eigenvalue weighted by atomic mass is 16.5. The molecule has 1 rings (SSSR count). The van der Waals surface area contributed by atoms with E-state index in [1.54, 1.807) is 14.0 Å². The van der Waals surface area contributed by atoms with E-state index in [1.807, 2.05) is 0 Å². The van der Waals surface area contributed by atoms with Crippen molar-refractivity contribution in [1.82, 2.24) is 10.2 Å². The molecule has 7 nitrogen and oxygen atoms in total. The molecule has 0 saturated heterocycles. The number of esters is 1. The molecule has 0 aliphatic heterocycles. The minimum absolute atomic E-state index is 0.0703. The molecule has 20 heavy (non-hydrogen) atoms. The van der Waals surface area contributed by atoms with Crippen molar-refractivity contribution >= 4 is 18.0 Å². The number of methoxy groups -OCH3 is 1. The van der Waals surface area contributed by atoms with Crippen LogP contribution in [0, 0.1) is 5.92 Å². The van der Waals surface area contributed by atoms with E-state index in [9.17, 15) is 14.4 Å². The van der Waals surface area contributed by atoms with Crippen LogP contribution in [0.25, 0.3) is 0 Å². The number of ether oxygens (including phenoxy) is 1. The van der Waals surface area contributed by atoms with Crippen LogP contribution < -0.4 is 5.32 Å². The third-order valence-corrected chi connectivity index (χ3v) is 3.67. The molecule has 1 saturated carbocycles. The Morgan fingerprint density at radius 1 is 1.40 bits per heavy atom. The summed E-state index contributed by atoms with van der Waals surface area (Å²) in [5.74, 6) is -1.73. The summed E-state index contributed by atoms with van der Waals surface area (Å²) < 4.78 is 4.60. The second-order valence-electron chi connectivity index (χ2n) is 5.44. The smallest absolute Gasteiger partial charge is 0.317 e. The largest absolute Gasteiger partial charge is 0.481 e. The summed E-state index contributed by atoms with van der Waals surface area (Å²) >= 11 is 0. The van der Waals surface area contributed by atoms with E-state index in [-0.39, 0.29) is 25.0 Å². The molecule has 0 aromatic heterocycles. The van der Waals surface area contributed by atoms with E-state index in [1.165, 1.54) is 12.0 Å². The third kappa shape index (κ3) is 4.11. The maximum absolute atomic E-state index is 12.0.